The van der Waals surface area contributed by atoms with E-state index in [4.69, 9.17) is 4.74 Å². The zero-order valence-corrected chi connectivity index (χ0v) is 21.6. The summed E-state index contributed by atoms with van der Waals surface area (Å²) in [5.74, 6) is -1.70. The van der Waals surface area contributed by atoms with Gasteiger partial charge in [-0.3, -0.25) is 4.79 Å². The SMILES string of the molecule is O=C(c1cc(C(F)(F)F)cc(C(F)(F)F)c1)C1CC2CCC(C1)N2C(=O)OCC1c2ccccc2-c2ccccc21. The van der Waals surface area contributed by atoms with Gasteiger partial charge in [0.05, 0.1) is 11.1 Å². The summed E-state index contributed by atoms with van der Waals surface area (Å²) in [6, 6.07) is 16.1. The molecule has 6 rings (SSSR count). The van der Waals surface area contributed by atoms with E-state index >= 15 is 0 Å². The molecule has 2 unspecified atom stereocenters. The fourth-order valence-corrected chi connectivity index (χ4v) is 6.69. The molecule has 3 aliphatic rings. The Balaban J connectivity index is 1.17. The second-order valence-corrected chi connectivity index (χ2v) is 10.9. The fourth-order valence-electron chi connectivity index (χ4n) is 6.69. The van der Waals surface area contributed by atoms with Crippen LogP contribution in [0.5, 0.6) is 0 Å². The highest BCUT2D eigenvalue weighted by atomic mass is 19.4. The van der Waals surface area contributed by atoms with E-state index in [1.54, 1.807) is 4.90 Å². The molecule has 41 heavy (non-hydrogen) atoms. The third-order valence-electron chi connectivity index (χ3n) is 8.52. The van der Waals surface area contributed by atoms with Crippen LogP contribution in [0, 0.1) is 5.92 Å². The van der Waals surface area contributed by atoms with Gasteiger partial charge in [0.2, 0.25) is 0 Å². The summed E-state index contributed by atoms with van der Waals surface area (Å²) >= 11 is 0. The van der Waals surface area contributed by atoms with Crippen LogP contribution in [0.4, 0.5) is 31.1 Å². The van der Waals surface area contributed by atoms with E-state index in [1.807, 2.05) is 48.5 Å². The Kier molecular flexibility index (Phi) is 6.62. The van der Waals surface area contributed by atoms with Gasteiger partial charge in [-0.05, 0) is 66.1 Å². The van der Waals surface area contributed by atoms with Gasteiger partial charge in [0.15, 0.2) is 5.78 Å². The van der Waals surface area contributed by atoms with Gasteiger partial charge in [0.1, 0.15) is 6.61 Å². The number of alkyl halides is 6. The topological polar surface area (TPSA) is 46.6 Å². The predicted molar refractivity (Wildman–Crippen MR) is 137 cm³/mol. The molecule has 0 saturated carbocycles. The van der Waals surface area contributed by atoms with Gasteiger partial charge in [0, 0.05) is 29.5 Å². The van der Waals surface area contributed by atoms with Crippen molar-refractivity contribution in [3.05, 3.63) is 94.5 Å². The van der Waals surface area contributed by atoms with Crippen molar-refractivity contribution >= 4 is 11.9 Å². The average molecular weight is 574 g/mol. The Hall–Kier alpha value is -3.82. The van der Waals surface area contributed by atoms with E-state index in [1.165, 1.54) is 0 Å². The molecule has 2 heterocycles. The van der Waals surface area contributed by atoms with E-state index in [0.29, 0.717) is 25.0 Å². The van der Waals surface area contributed by atoms with E-state index < -0.39 is 46.8 Å². The molecule has 1 amide bonds. The average Bonchev–Trinajstić information content (AvgIpc) is 3.40. The summed E-state index contributed by atoms with van der Waals surface area (Å²) in [6.07, 6.45) is -9.15. The van der Waals surface area contributed by atoms with Crippen molar-refractivity contribution in [2.75, 3.05) is 6.61 Å². The standard InChI is InChI=1S/C31H25F6NO3/c32-30(33,34)19-11-17(12-20(15-19)31(35,36)37)28(39)18-13-21-9-10-22(14-18)38(21)29(40)41-16-27-25-7-3-1-5-23(25)24-6-2-4-8-26(24)27/h1-8,11-12,15,18,21-22,27H,9-10,13-14,16H2. The van der Waals surface area contributed by atoms with E-state index in [9.17, 15) is 35.9 Å². The largest absolute Gasteiger partial charge is 0.448 e. The number of fused-ring (bicyclic) bond motifs is 5. The van der Waals surface area contributed by atoms with E-state index in [-0.39, 0.29) is 43.5 Å². The second-order valence-electron chi connectivity index (χ2n) is 10.9. The van der Waals surface area contributed by atoms with Crippen LogP contribution in [0.1, 0.15) is 64.2 Å². The monoisotopic (exact) mass is 573 g/mol. The van der Waals surface area contributed by atoms with E-state index in [0.717, 1.165) is 22.3 Å². The summed E-state index contributed by atoms with van der Waals surface area (Å²) in [5.41, 5.74) is 0.649. The lowest BCUT2D eigenvalue weighted by Gasteiger charge is -2.38. The molecular formula is C31H25F6NO3. The van der Waals surface area contributed by atoms with Gasteiger partial charge in [0.25, 0.3) is 0 Å². The van der Waals surface area contributed by atoms with Gasteiger partial charge < -0.3 is 9.64 Å². The molecule has 4 nitrogen and oxygen atoms in total. The molecule has 0 N–H and O–H groups in total. The number of carbonyl (C=O) groups excluding carboxylic acids is 2. The van der Waals surface area contributed by atoms with Crippen molar-refractivity contribution in [1.82, 2.24) is 4.90 Å². The van der Waals surface area contributed by atoms with Crippen LogP contribution in [0.2, 0.25) is 0 Å². The summed E-state index contributed by atoms with van der Waals surface area (Å²) in [6.45, 7) is 0.121. The Morgan fingerprint density at radius 3 is 1.73 bits per heavy atom. The summed E-state index contributed by atoms with van der Waals surface area (Å²) in [7, 11) is 0. The van der Waals surface area contributed by atoms with Crippen molar-refractivity contribution in [2.45, 2.75) is 56.0 Å². The van der Waals surface area contributed by atoms with Crippen LogP contribution in [-0.2, 0) is 17.1 Å². The van der Waals surface area contributed by atoms with Gasteiger partial charge in [-0.25, -0.2) is 4.79 Å². The molecule has 1 aliphatic carbocycles. The molecule has 3 aromatic carbocycles. The molecule has 0 spiro atoms. The minimum absolute atomic E-state index is 0.0141. The first-order valence-electron chi connectivity index (χ1n) is 13.4. The van der Waals surface area contributed by atoms with Crippen molar-refractivity contribution in [3.8, 4) is 11.1 Å². The highest BCUT2D eigenvalue weighted by molar-refractivity contribution is 5.98. The molecule has 2 saturated heterocycles. The maximum Gasteiger partial charge on any atom is 0.416 e. The lowest BCUT2D eigenvalue weighted by molar-refractivity contribution is -0.143. The number of amides is 1. The first kappa shape index (κ1) is 27.4. The number of benzene rings is 3. The zero-order valence-electron chi connectivity index (χ0n) is 21.6. The Morgan fingerprint density at radius 2 is 1.24 bits per heavy atom. The van der Waals surface area contributed by atoms with Crippen LogP contribution >= 0.6 is 0 Å². The zero-order chi connectivity index (χ0) is 29.1. The number of carbonyl (C=O) groups is 2. The number of ketones is 1. The Bertz CT molecular complexity index is 1420. The van der Waals surface area contributed by atoms with Gasteiger partial charge in [-0.15, -0.1) is 0 Å². The van der Waals surface area contributed by atoms with Crippen molar-refractivity contribution in [2.24, 2.45) is 5.92 Å². The molecule has 10 heteroatoms. The quantitative estimate of drug-likeness (QED) is 0.234. The molecule has 214 valence electrons. The molecule has 2 aliphatic heterocycles. The van der Waals surface area contributed by atoms with Crippen molar-refractivity contribution in [3.63, 3.8) is 0 Å². The minimum atomic E-state index is -5.04. The predicted octanol–water partition coefficient (Wildman–Crippen LogP) is 8.10. The molecule has 3 aromatic rings. The number of rotatable bonds is 4. The smallest absolute Gasteiger partial charge is 0.416 e. The third-order valence-corrected chi connectivity index (χ3v) is 8.52. The van der Waals surface area contributed by atoms with Gasteiger partial charge >= 0.3 is 18.4 Å². The molecular weight excluding hydrogens is 548 g/mol. The molecule has 0 aromatic heterocycles. The summed E-state index contributed by atoms with van der Waals surface area (Å²) in [5, 5.41) is 0. The molecule has 2 fully saturated rings. The highest BCUT2D eigenvalue weighted by Gasteiger charge is 2.47. The van der Waals surface area contributed by atoms with Crippen LogP contribution in [-0.4, -0.2) is 35.5 Å². The highest BCUT2D eigenvalue weighted by Crippen LogP contribution is 2.46. The first-order chi connectivity index (χ1) is 19.4. The molecule has 2 atom stereocenters. The molecule has 2 bridgehead atoms. The fraction of sp³-hybridized carbons (Fsp3) is 0.355. The lowest BCUT2D eigenvalue weighted by atomic mass is 9.84. The van der Waals surface area contributed by atoms with Gasteiger partial charge in [-0.2, -0.15) is 26.3 Å². The lowest BCUT2D eigenvalue weighted by Crippen LogP contribution is -2.48. The molecule has 0 radical (unpaired) electrons. The number of nitrogens with zero attached hydrogens (tertiary/aromatic N) is 1. The third kappa shape index (κ3) is 4.97. The number of ether oxygens (including phenoxy) is 1. The van der Waals surface area contributed by atoms with Crippen molar-refractivity contribution in [1.29, 1.82) is 0 Å². The van der Waals surface area contributed by atoms with Gasteiger partial charge in [-0.1, -0.05) is 48.5 Å². The Morgan fingerprint density at radius 1 is 0.756 bits per heavy atom. The van der Waals surface area contributed by atoms with Crippen LogP contribution in [0.3, 0.4) is 0 Å². The van der Waals surface area contributed by atoms with Crippen LogP contribution < -0.4 is 0 Å². The van der Waals surface area contributed by atoms with Crippen molar-refractivity contribution < 1.29 is 40.7 Å². The maximum atomic E-state index is 13.3. The first-order valence-corrected chi connectivity index (χ1v) is 13.4. The van der Waals surface area contributed by atoms with Crippen LogP contribution in [0.25, 0.3) is 11.1 Å². The number of halogens is 6. The maximum absolute atomic E-state index is 13.3. The Labute approximate surface area is 231 Å². The number of hydrogen-bond donors (Lipinski definition) is 0. The second kappa shape index (κ2) is 9.92. The number of piperidine rings is 1. The van der Waals surface area contributed by atoms with E-state index in [2.05, 4.69) is 0 Å². The number of hydrogen-bond acceptors (Lipinski definition) is 3. The number of Topliss-reactive ketones (excluding diaryl/α,β-unsaturated/α-hetero) is 1. The van der Waals surface area contributed by atoms with Crippen LogP contribution in [0.15, 0.2) is 66.7 Å². The summed E-state index contributed by atoms with van der Waals surface area (Å²) < 4.78 is 85.8. The normalized spacial score (nSPS) is 21.9. The minimum Gasteiger partial charge on any atom is -0.448 e. The summed E-state index contributed by atoms with van der Waals surface area (Å²) in [4.78, 5) is 28.1.